The van der Waals surface area contributed by atoms with E-state index < -0.39 is 61.6 Å². The van der Waals surface area contributed by atoms with Crippen molar-refractivity contribution in [1.82, 2.24) is 4.90 Å². The summed E-state index contributed by atoms with van der Waals surface area (Å²) in [6.07, 6.45) is -8.18. The van der Waals surface area contributed by atoms with Crippen LogP contribution in [0, 0.1) is 0 Å². The van der Waals surface area contributed by atoms with Crippen molar-refractivity contribution in [1.29, 1.82) is 0 Å². The van der Waals surface area contributed by atoms with E-state index in [2.05, 4.69) is 0 Å². The van der Waals surface area contributed by atoms with Crippen molar-refractivity contribution in [2.75, 3.05) is 33.9 Å². The van der Waals surface area contributed by atoms with Gasteiger partial charge in [-0.1, -0.05) is 121 Å². The van der Waals surface area contributed by atoms with Crippen molar-refractivity contribution in [3.05, 3.63) is 144 Å². The minimum absolute atomic E-state index is 0.0210. The van der Waals surface area contributed by atoms with Crippen molar-refractivity contribution < 1.29 is 57.4 Å². The Bertz CT molecular complexity index is 1820. The number of Topliss-reactive ketones (excluding diaryl/α,β-unsaturated/α-hetero) is 1. The van der Waals surface area contributed by atoms with Crippen LogP contribution in [0.3, 0.4) is 0 Å². The molecule has 0 saturated carbocycles. The topological polar surface area (TPSA) is 149 Å². The number of carbonyl (C=O) groups is 3. The van der Waals surface area contributed by atoms with Gasteiger partial charge in [0.1, 0.15) is 30.2 Å². The van der Waals surface area contributed by atoms with Crippen LogP contribution in [0.25, 0.3) is 0 Å². The van der Waals surface area contributed by atoms with Gasteiger partial charge in [0.15, 0.2) is 18.5 Å². The summed E-state index contributed by atoms with van der Waals surface area (Å²) in [5, 5.41) is 10.8. The summed E-state index contributed by atoms with van der Waals surface area (Å²) in [5.41, 5.74) is 3.59. The van der Waals surface area contributed by atoms with E-state index in [9.17, 15) is 19.5 Å². The second-order valence-electron chi connectivity index (χ2n) is 14.4. The summed E-state index contributed by atoms with van der Waals surface area (Å²) >= 11 is 0. The van der Waals surface area contributed by atoms with Gasteiger partial charge in [-0.15, -0.1) is 0 Å². The summed E-state index contributed by atoms with van der Waals surface area (Å²) in [6, 6.07) is 38.3. The Morgan fingerprint density at radius 1 is 0.644 bits per heavy atom. The van der Waals surface area contributed by atoms with Crippen molar-refractivity contribution in [2.24, 2.45) is 0 Å². The molecule has 0 bridgehead atoms. The van der Waals surface area contributed by atoms with Crippen molar-refractivity contribution in [2.45, 2.75) is 89.1 Å². The van der Waals surface area contributed by atoms with Crippen LogP contribution in [0.4, 0.5) is 4.79 Å². The van der Waals surface area contributed by atoms with E-state index in [1.54, 1.807) is 0 Å². The van der Waals surface area contributed by atoms with Crippen LogP contribution in [0.1, 0.15) is 42.0 Å². The molecule has 1 saturated heterocycles. The molecule has 1 aliphatic rings. The van der Waals surface area contributed by atoms with Gasteiger partial charge in [0.2, 0.25) is 0 Å². The minimum Gasteiger partial charge on any atom is -0.455 e. The first-order valence-corrected chi connectivity index (χ1v) is 19.7. The third kappa shape index (κ3) is 15.0. The van der Waals surface area contributed by atoms with E-state index in [0.29, 0.717) is 0 Å². The highest BCUT2D eigenvalue weighted by Crippen LogP contribution is 2.30. The molecule has 0 spiro atoms. The van der Waals surface area contributed by atoms with E-state index in [0.717, 1.165) is 22.3 Å². The molecule has 0 radical (unpaired) electrons. The highest BCUT2D eigenvalue weighted by atomic mass is 16.7. The van der Waals surface area contributed by atoms with Crippen LogP contribution < -0.4 is 0 Å². The average Bonchev–Trinajstić information content (AvgIpc) is 3.57. The Morgan fingerprint density at radius 3 is 1.63 bits per heavy atom. The summed E-state index contributed by atoms with van der Waals surface area (Å²) in [6.45, 7) is 1.50. The first-order valence-electron chi connectivity index (χ1n) is 19.7. The molecule has 1 heterocycles. The lowest BCUT2D eigenvalue weighted by Crippen LogP contribution is -2.48. The summed E-state index contributed by atoms with van der Waals surface area (Å²) in [5.74, 6) is -0.850. The molecule has 0 aliphatic carbocycles. The molecule has 4 aromatic rings. The monoisotopic (exact) mass is 813 g/mol. The Kier molecular flexibility index (Phi) is 18.5. The maximum atomic E-state index is 13.1. The second kappa shape index (κ2) is 24.2. The maximum absolute atomic E-state index is 13.1. The second-order valence-corrected chi connectivity index (χ2v) is 14.4. The fourth-order valence-electron chi connectivity index (χ4n) is 6.26. The first kappa shape index (κ1) is 45.1. The summed E-state index contributed by atoms with van der Waals surface area (Å²) in [4.78, 5) is 39.2. The molecule has 13 heteroatoms. The number of hydrogen-bond donors (Lipinski definition) is 1. The normalized spacial score (nSPS) is 19.1. The molecular weight excluding hydrogens is 759 g/mol. The number of hydrogen-bond acceptors (Lipinski definition) is 12. The Labute approximate surface area is 346 Å². The van der Waals surface area contributed by atoms with Gasteiger partial charge >= 0.3 is 12.1 Å². The molecule has 13 nitrogen and oxygen atoms in total. The lowest BCUT2D eigenvalue weighted by Gasteiger charge is -2.34. The van der Waals surface area contributed by atoms with Gasteiger partial charge in [-0.3, -0.25) is 4.79 Å². The third-order valence-corrected chi connectivity index (χ3v) is 9.45. The number of esters is 1. The van der Waals surface area contributed by atoms with Gasteiger partial charge in [-0.2, -0.15) is 0 Å². The standard InChI is InChI=1S/C46H55NO12/c1-33(49)24-25-41(50)58-43-40(31-52-27-34-16-8-4-9-17-34)57-45(44(43)59-46(51)47(2)3)56-32-39(54-29-36-20-12-6-13-21-36)42(55-30-37-22-14-7-15-23-37)38(26-48)53-28-35-18-10-5-11-19-35/h4-23,38-40,42-45,48H,24-32H2,1-3H3/t38?,39?,40-,42?,43?,44?,45-/m1/s1. The number of ether oxygens (including phenoxy) is 8. The first-order chi connectivity index (χ1) is 28.7. The summed E-state index contributed by atoms with van der Waals surface area (Å²) < 4.78 is 50.1. The van der Waals surface area contributed by atoms with Gasteiger partial charge in [-0.25, -0.2) is 4.79 Å². The molecule has 5 rings (SSSR count). The largest absolute Gasteiger partial charge is 0.455 e. The smallest absolute Gasteiger partial charge is 0.409 e. The third-order valence-electron chi connectivity index (χ3n) is 9.45. The molecule has 4 aromatic carbocycles. The zero-order chi connectivity index (χ0) is 41.8. The number of aliphatic hydroxyl groups excluding tert-OH is 1. The van der Waals surface area contributed by atoms with Crippen molar-refractivity contribution in [3.63, 3.8) is 0 Å². The Hall–Kier alpha value is -4.99. The van der Waals surface area contributed by atoms with Gasteiger partial charge < -0.3 is 52.7 Å². The number of aliphatic hydroxyl groups is 1. The Morgan fingerprint density at radius 2 is 1.14 bits per heavy atom. The quantitative estimate of drug-likeness (QED) is 0.0823. The highest BCUT2D eigenvalue weighted by Gasteiger charge is 2.51. The van der Waals surface area contributed by atoms with Gasteiger partial charge in [0.05, 0.1) is 52.7 Å². The zero-order valence-corrected chi connectivity index (χ0v) is 33.8. The molecule has 1 aliphatic heterocycles. The van der Waals surface area contributed by atoms with Crippen LogP contribution in [0.2, 0.25) is 0 Å². The molecule has 5 unspecified atom stereocenters. The molecule has 59 heavy (non-hydrogen) atoms. The number of carbonyl (C=O) groups excluding carboxylic acids is 3. The maximum Gasteiger partial charge on any atom is 0.409 e. The number of nitrogens with zero attached hydrogens (tertiary/aromatic N) is 1. The van der Waals surface area contributed by atoms with E-state index in [4.69, 9.17) is 37.9 Å². The van der Waals surface area contributed by atoms with Crippen LogP contribution in [0.15, 0.2) is 121 Å². The number of benzene rings is 4. The van der Waals surface area contributed by atoms with Crippen LogP contribution in [-0.4, -0.2) is 105 Å². The van der Waals surface area contributed by atoms with Crippen LogP contribution in [-0.2, 0) is 73.9 Å². The lowest BCUT2D eigenvalue weighted by molar-refractivity contribution is -0.217. The van der Waals surface area contributed by atoms with E-state index in [1.807, 2.05) is 121 Å². The predicted molar refractivity (Wildman–Crippen MR) is 217 cm³/mol. The Balaban J connectivity index is 1.43. The molecule has 7 atom stereocenters. The van der Waals surface area contributed by atoms with Crippen LogP contribution >= 0.6 is 0 Å². The summed E-state index contributed by atoms with van der Waals surface area (Å²) in [7, 11) is 3.05. The van der Waals surface area contributed by atoms with Gasteiger partial charge in [-0.05, 0) is 29.2 Å². The molecule has 1 fully saturated rings. The SMILES string of the molecule is CC(=O)CCC(=O)OC1C(OC(=O)N(C)C)[C@H](OCC(OCc2ccccc2)C(OCc2ccccc2)C(CO)OCc2ccccc2)O[C@@H]1COCc1ccccc1. The van der Waals surface area contributed by atoms with Gasteiger partial charge in [0, 0.05) is 20.5 Å². The van der Waals surface area contributed by atoms with E-state index in [1.165, 1.54) is 25.9 Å². The number of rotatable bonds is 24. The fourth-order valence-corrected chi connectivity index (χ4v) is 6.26. The molecule has 0 aromatic heterocycles. The lowest BCUT2D eigenvalue weighted by atomic mass is 10.1. The molecular formula is C46H55NO12. The predicted octanol–water partition coefficient (Wildman–Crippen LogP) is 6.04. The van der Waals surface area contributed by atoms with E-state index >= 15 is 0 Å². The van der Waals surface area contributed by atoms with E-state index in [-0.39, 0.29) is 58.3 Å². The fraction of sp³-hybridized carbons (Fsp3) is 0.413. The highest BCUT2D eigenvalue weighted by molar-refractivity contribution is 5.81. The molecule has 316 valence electrons. The van der Waals surface area contributed by atoms with Crippen molar-refractivity contribution >= 4 is 17.8 Å². The minimum atomic E-state index is -1.27. The average molecular weight is 814 g/mol. The van der Waals surface area contributed by atoms with Crippen LogP contribution in [0.5, 0.6) is 0 Å². The van der Waals surface area contributed by atoms with Crippen molar-refractivity contribution in [3.8, 4) is 0 Å². The zero-order valence-electron chi connectivity index (χ0n) is 33.8. The number of ketones is 1. The molecule has 1 N–H and O–H groups in total. The number of amides is 1. The molecule has 1 amide bonds. The van der Waals surface area contributed by atoms with Gasteiger partial charge in [0.25, 0.3) is 0 Å².